The number of ether oxygens (including phenoxy) is 1. The summed E-state index contributed by atoms with van der Waals surface area (Å²) < 4.78 is 28.9. The Kier molecular flexibility index (Phi) is 7.81. The third-order valence-corrected chi connectivity index (χ3v) is 5.49. The third-order valence-electron chi connectivity index (χ3n) is 3.76. The SMILES string of the molecule is CCCS(=O)(=O)CC(=O)NCc1ccc(COCc2ccccc2)cc1. The van der Waals surface area contributed by atoms with E-state index in [2.05, 4.69) is 5.32 Å². The Morgan fingerprint density at radius 1 is 0.923 bits per heavy atom. The number of hydrogen-bond donors (Lipinski definition) is 1. The van der Waals surface area contributed by atoms with Crippen LogP contribution in [0.2, 0.25) is 0 Å². The molecule has 140 valence electrons. The fourth-order valence-corrected chi connectivity index (χ4v) is 3.72. The molecule has 0 heterocycles. The molecule has 0 aliphatic carbocycles. The molecule has 0 atom stereocenters. The van der Waals surface area contributed by atoms with Gasteiger partial charge in [0.1, 0.15) is 5.75 Å². The number of rotatable bonds is 10. The largest absolute Gasteiger partial charge is 0.372 e. The van der Waals surface area contributed by atoms with Crippen LogP contribution in [0.5, 0.6) is 0 Å². The minimum Gasteiger partial charge on any atom is -0.372 e. The molecule has 2 aromatic carbocycles. The maximum atomic E-state index is 11.7. The van der Waals surface area contributed by atoms with Crippen LogP contribution in [0, 0.1) is 0 Å². The normalized spacial score (nSPS) is 11.3. The molecule has 0 saturated heterocycles. The van der Waals surface area contributed by atoms with Gasteiger partial charge < -0.3 is 10.1 Å². The molecule has 1 amide bonds. The fraction of sp³-hybridized carbons (Fsp3) is 0.350. The first-order valence-electron chi connectivity index (χ1n) is 8.65. The average molecular weight is 375 g/mol. The van der Waals surface area contributed by atoms with Crippen molar-refractivity contribution in [1.82, 2.24) is 5.32 Å². The van der Waals surface area contributed by atoms with Gasteiger partial charge >= 0.3 is 0 Å². The van der Waals surface area contributed by atoms with Crippen molar-refractivity contribution < 1.29 is 17.9 Å². The summed E-state index contributed by atoms with van der Waals surface area (Å²) in [7, 11) is -3.30. The maximum Gasteiger partial charge on any atom is 0.235 e. The second kappa shape index (κ2) is 10.1. The van der Waals surface area contributed by atoms with Crippen LogP contribution in [0.4, 0.5) is 0 Å². The zero-order valence-electron chi connectivity index (χ0n) is 15.0. The van der Waals surface area contributed by atoms with Crippen molar-refractivity contribution >= 4 is 15.7 Å². The van der Waals surface area contributed by atoms with E-state index < -0.39 is 21.5 Å². The zero-order valence-corrected chi connectivity index (χ0v) is 15.8. The van der Waals surface area contributed by atoms with Gasteiger partial charge in [-0.15, -0.1) is 0 Å². The van der Waals surface area contributed by atoms with Gasteiger partial charge in [0.15, 0.2) is 9.84 Å². The van der Waals surface area contributed by atoms with Crippen LogP contribution in [0.15, 0.2) is 54.6 Å². The van der Waals surface area contributed by atoms with E-state index in [0.29, 0.717) is 26.2 Å². The Hall–Kier alpha value is -2.18. The molecule has 6 heteroatoms. The molecule has 0 aromatic heterocycles. The molecular weight excluding hydrogens is 350 g/mol. The van der Waals surface area contributed by atoms with E-state index >= 15 is 0 Å². The molecule has 26 heavy (non-hydrogen) atoms. The first kappa shape index (κ1) is 20.1. The van der Waals surface area contributed by atoms with Crippen LogP contribution in [0.1, 0.15) is 30.0 Å². The van der Waals surface area contributed by atoms with E-state index in [1.165, 1.54) is 0 Å². The van der Waals surface area contributed by atoms with Gasteiger partial charge in [0.25, 0.3) is 0 Å². The lowest BCUT2D eigenvalue weighted by Crippen LogP contribution is -2.30. The van der Waals surface area contributed by atoms with Crippen molar-refractivity contribution in [3.8, 4) is 0 Å². The smallest absolute Gasteiger partial charge is 0.235 e. The maximum absolute atomic E-state index is 11.7. The van der Waals surface area contributed by atoms with Crippen molar-refractivity contribution in [3.05, 3.63) is 71.3 Å². The summed E-state index contributed by atoms with van der Waals surface area (Å²) in [6.07, 6.45) is 0.517. The molecule has 5 nitrogen and oxygen atoms in total. The van der Waals surface area contributed by atoms with Gasteiger partial charge in [0.2, 0.25) is 5.91 Å². The quantitative estimate of drug-likeness (QED) is 0.693. The van der Waals surface area contributed by atoms with E-state index in [9.17, 15) is 13.2 Å². The number of nitrogens with one attached hydrogen (secondary N) is 1. The first-order valence-corrected chi connectivity index (χ1v) is 10.5. The summed E-state index contributed by atoms with van der Waals surface area (Å²) in [6, 6.07) is 17.7. The Labute approximate surface area is 155 Å². The molecule has 1 N–H and O–H groups in total. The van der Waals surface area contributed by atoms with Crippen LogP contribution in [-0.4, -0.2) is 25.8 Å². The molecule has 0 unspecified atom stereocenters. The third kappa shape index (κ3) is 7.37. The van der Waals surface area contributed by atoms with Gasteiger partial charge in [0.05, 0.1) is 19.0 Å². The van der Waals surface area contributed by atoms with Gasteiger partial charge in [-0.25, -0.2) is 8.42 Å². The van der Waals surface area contributed by atoms with Gasteiger partial charge in [-0.05, 0) is 23.1 Å². The van der Waals surface area contributed by atoms with Crippen molar-refractivity contribution in [2.24, 2.45) is 0 Å². The molecule has 0 aliphatic heterocycles. The second-order valence-corrected chi connectivity index (χ2v) is 8.35. The van der Waals surface area contributed by atoms with Crippen LogP contribution in [-0.2, 0) is 39.1 Å². The Balaban J connectivity index is 1.74. The fourth-order valence-electron chi connectivity index (χ4n) is 2.45. The minimum absolute atomic E-state index is 0.0398. The predicted molar refractivity (Wildman–Crippen MR) is 102 cm³/mol. The van der Waals surface area contributed by atoms with Crippen LogP contribution < -0.4 is 5.32 Å². The van der Waals surface area contributed by atoms with E-state index in [4.69, 9.17) is 4.74 Å². The number of benzene rings is 2. The van der Waals surface area contributed by atoms with Gasteiger partial charge in [-0.2, -0.15) is 0 Å². The number of hydrogen-bond acceptors (Lipinski definition) is 4. The van der Waals surface area contributed by atoms with Crippen LogP contribution >= 0.6 is 0 Å². The summed E-state index contributed by atoms with van der Waals surface area (Å²) in [6.45, 7) is 3.16. The van der Waals surface area contributed by atoms with Crippen molar-refractivity contribution in [2.45, 2.75) is 33.1 Å². The molecule has 0 bridgehead atoms. The number of sulfone groups is 1. The number of carbonyl (C=O) groups excluding carboxylic acids is 1. The zero-order chi connectivity index (χ0) is 18.8. The molecule has 0 spiro atoms. The number of amides is 1. The average Bonchev–Trinajstić information content (AvgIpc) is 2.61. The minimum atomic E-state index is -3.30. The first-order chi connectivity index (χ1) is 12.5. The highest BCUT2D eigenvalue weighted by atomic mass is 32.2. The Morgan fingerprint density at radius 2 is 1.50 bits per heavy atom. The lowest BCUT2D eigenvalue weighted by Gasteiger charge is -2.08. The molecule has 0 aliphatic rings. The Bertz CT molecular complexity index is 786. The summed E-state index contributed by atoms with van der Waals surface area (Å²) in [5.74, 6) is -0.877. The van der Waals surface area contributed by atoms with Gasteiger partial charge in [-0.3, -0.25) is 4.79 Å². The lowest BCUT2D eigenvalue weighted by atomic mass is 10.1. The monoisotopic (exact) mass is 375 g/mol. The lowest BCUT2D eigenvalue weighted by molar-refractivity contribution is -0.118. The highest BCUT2D eigenvalue weighted by molar-refractivity contribution is 7.92. The molecule has 0 radical (unpaired) electrons. The van der Waals surface area contributed by atoms with E-state index in [1.807, 2.05) is 54.6 Å². The van der Waals surface area contributed by atoms with Gasteiger partial charge in [-0.1, -0.05) is 61.5 Å². The van der Waals surface area contributed by atoms with Crippen molar-refractivity contribution in [2.75, 3.05) is 11.5 Å². The summed E-state index contributed by atoms with van der Waals surface area (Å²) in [5.41, 5.74) is 3.09. The highest BCUT2D eigenvalue weighted by Crippen LogP contribution is 2.08. The Morgan fingerprint density at radius 3 is 2.12 bits per heavy atom. The van der Waals surface area contributed by atoms with Gasteiger partial charge in [0, 0.05) is 6.54 Å². The van der Waals surface area contributed by atoms with E-state index in [1.54, 1.807) is 6.92 Å². The summed E-state index contributed by atoms with van der Waals surface area (Å²) >= 11 is 0. The topological polar surface area (TPSA) is 72.5 Å². The molecule has 2 rings (SSSR count). The standard InChI is InChI=1S/C20H25NO4S/c1-2-12-26(23,24)16-20(22)21-13-17-8-10-19(11-9-17)15-25-14-18-6-4-3-5-7-18/h3-11H,2,12-16H2,1H3,(H,21,22). The van der Waals surface area contributed by atoms with Crippen LogP contribution in [0.25, 0.3) is 0 Å². The van der Waals surface area contributed by atoms with Crippen LogP contribution in [0.3, 0.4) is 0 Å². The molecule has 2 aromatic rings. The van der Waals surface area contributed by atoms with Crippen molar-refractivity contribution in [3.63, 3.8) is 0 Å². The van der Waals surface area contributed by atoms with E-state index in [0.717, 1.165) is 16.7 Å². The molecule has 0 fully saturated rings. The second-order valence-electron chi connectivity index (χ2n) is 6.16. The molecular formula is C20H25NO4S. The van der Waals surface area contributed by atoms with Crippen molar-refractivity contribution in [1.29, 1.82) is 0 Å². The predicted octanol–water partition coefficient (Wildman–Crippen LogP) is 2.84. The molecule has 0 saturated carbocycles. The summed E-state index contributed by atoms with van der Waals surface area (Å²) in [4.78, 5) is 11.7. The summed E-state index contributed by atoms with van der Waals surface area (Å²) in [5, 5.41) is 2.65. The van der Waals surface area contributed by atoms with E-state index in [-0.39, 0.29) is 5.75 Å². The highest BCUT2D eigenvalue weighted by Gasteiger charge is 2.15. The number of carbonyl (C=O) groups is 1.